The van der Waals surface area contributed by atoms with Gasteiger partial charge >= 0.3 is 0 Å². The lowest BCUT2D eigenvalue weighted by atomic mass is 10.1. The molecule has 0 aliphatic carbocycles. The summed E-state index contributed by atoms with van der Waals surface area (Å²) in [6.45, 7) is 5.91. The third-order valence-electron chi connectivity index (χ3n) is 6.17. The van der Waals surface area contributed by atoms with Crippen molar-refractivity contribution < 1.29 is 23.9 Å². The van der Waals surface area contributed by atoms with Crippen LogP contribution < -0.4 is 14.8 Å². The van der Waals surface area contributed by atoms with Gasteiger partial charge in [-0.25, -0.2) is 0 Å². The van der Waals surface area contributed by atoms with Crippen molar-refractivity contribution in [2.45, 2.75) is 27.3 Å². The van der Waals surface area contributed by atoms with Crippen LogP contribution in [0.3, 0.4) is 0 Å². The maximum atomic E-state index is 12.9. The highest BCUT2D eigenvalue weighted by molar-refractivity contribution is 9.10. The molecule has 3 aromatic carbocycles. The number of nitrogens with zero attached hydrogens (tertiary/aromatic N) is 1. The molecule has 1 fully saturated rings. The molecule has 0 unspecified atom stereocenters. The van der Waals surface area contributed by atoms with Crippen molar-refractivity contribution in [2.24, 2.45) is 0 Å². The summed E-state index contributed by atoms with van der Waals surface area (Å²) in [7, 11) is 1.50. The van der Waals surface area contributed by atoms with Crippen LogP contribution >= 0.6 is 27.7 Å². The number of rotatable bonds is 8. The van der Waals surface area contributed by atoms with Gasteiger partial charge in [-0.1, -0.05) is 51.8 Å². The second-order valence-corrected chi connectivity index (χ2v) is 10.7. The van der Waals surface area contributed by atoms with Crippen molar-refractivity contribution in [3.05, 3.63) is 91.8 Å². The molecule has 1 N–H and O–H groups in total. The van der Waals surface area contributed by atoms with Crippen molar-refractivity contribution in [3.8, 4) is 11.5 Å². The van der Waals surface area contributed by atoms with Gasteiger partial charge in [0.2, 0.25) is 0 Å². The molecular formula is C29H27BrN2O5S. The van der Waals surface area contributed by atoms with Crippen LogP contribution in [-0.2, 0) is 16.1 Å². The van der Waals surface area contributed by atoms with Gasteiger partial charge < -0.3 is 14.8 Å². The molecule has 1 aliphatic heterocycles. The fraction of sp³-hybridized carbons (Fsp3) is 0.207. The number of carbonyl (C=O) groups excluding carboxylic acids is 3. The number of imide groups is 1. The predicted octanol–water partition coefficient (Wildman–Crippen LogP) is 6.64. The lowest BCUT2D eigenvalue weighted by Crippen LogP contribution is -2.27. The molecule has 0 radical (unpaired) electrons. The van der Waals surface area contributed by atoms with Gasteiger partial charge in [-0.2, -0.15) is 0 Å². The van der Waals surface area contributed by atoms with E-state index in [0.29, 0.717) is 22.0 Å². The van der Waals surface area contributed by atoms with Crippen LogP contribution in [0.1, 0.15) is 27.8 Å². The molecule has 1 aliphatic rings. The lowest BCUT2D eigenvalue weighted by Gasteiger charge is -2.14. The van der Waals surface area contributed by atoms with Gasteiger partial charge in [0.1, 0.15) is 0 Å². The highest BCUT2D eigenvalue weighted by Gasteiger charge is 2.35. The first-order valence-corrected chi connectivity index (χ1v) is 13.4. The normalized spacial score (nSPS) is 14.2. The van der Waals surface area contributed by atoms with Gasteiger partial charge in [0, 0.05) is 10.2 Å². The second-order valence-electron chi connectivity index (χ2n) is 8.85. The average Bonchev–Trinajstić information content (AvgIpc) is 3.16. The number of benzene rings is 3. The number of amides is 3. The smallest absolute Gasteiger partial charge is 0.293 e. The van der Waals surface area contributed by atoms with E-state index >= 15 is 0 Å². The van der Waals surface area contributed by atoms with Gasteiger partial charge in [0.15, 0.2) is 18.1 Å². The van der Waals surface area contributed by atoms with Crippen LogP contribution in [0, 0.1) is 20.8 Å². The zero-order valence-corrected chi connectivity index (χ0v) is 23.9. The number of nitrogens with one attached hydrogen (secondary N) is 1. The zero-order chi connectivity index (χ0) is 27.4. The van der Waals surface area contributed by atoms with Gasteiger partial charge in [-0.15, -0.1) is 0 Å². The Morgan fingerprint density at radius 1 is 1.00 bits per heavy atom. The average molecular weight is 596 g/mol. The summed E-state index contributed by atoms with van der Waals surface area (Å²) in [4.78, 5) is 39.5. The Bertz CT molecular complexity index is 1440. The standard InChI is InChI=1S/C29H27BrN2O5S/c1-17-5-7-20(8-6-17)15-32-28(34)26(38-29(32)35)14-21-9-12-24(25(13-21)36-4)37-16-27(33)31-23-11-10-22(30)18(2)19(23)3/h5-14H,15-16H2,1-4H3,(H,31,33)/b26-14+. The Hall–Kier alpha value is -3.56. The molecule has 3 amide bonds. The molecule has 1 heterocycles. The van der Waals surface area contributed by atoms with E-state index in [-0.39, 0.29) is 30.2 Å². The van der Waals surface area contributed by atoms with Crippen LogP contribution in [0.4, 0.5) is 10.5 Å². The Labute approximate surface area is 234 Å². The van der Waals surface area contributed by atoms with E-state index in [0.717, 1.165) is 44.2 Å². The number of hydrogen-bond donors (Lipinski definition) is 1. The fourth-order valence-corrected chi connectivity index (χ4v) is 5.08. The molecule has 7 nitrogen and oxygen atoms in total. The first kappa shape index (κ1) is 27.5. The highest BCUT2D eigenvalue weighted by Crippen LogP contribution is 2.35. The van der Waals surface area contributed by atoms with Gasteiger partial charge in [-0.3, -0.25) is 19.3 Å². The number of thioether (sulfide) groups is 1. The minimum absolute atomic E-state index is 0.206. The van der Waals surface area contributed by atoms with Crippen molar-refractivity contribution in [1.82, 2.24) is 4.90 Å². The van der Waals surface area contributed by atoms with Crippen LogP contribution in [-0.4, -0.2) is 35.7 Å². The van der Waals surface area contributed by atoms with E-state index in [2.05, 4.69) is 21.2 Å². The summed E-state index contributed by atoms with van der Waals surface area (Å²) in [5.74, 6) is 0.148. The van der Waals surface area contributed by atoms with Gasteiger partial charge in [0.25, 0.3) is 17.1 Å². The van der Waals surface area contributed by atoms with E-state index in [1.807, 2.05) is 57.2 Å². The van der Waals surface area contributed by atoms with Gasteiger partial charge in [0.05, 0.1) is 18.6 Å². The topological polar surface area (TPSA) is 84.9 Å². The molecule has 1 saturated heterocycles. The molecule has 196 valence electrons. The molecule has 0 atom stereocenters. The molecule has 3 aromatic rings. The molecule has 38 heavy (non-hydrogen) atoms. The maximum absolute atomic E-state index is 12.9. The number of methoxy groups -OCH3 is 1. The minimum atomic E-state index is -0.338. The van der Waals surface area contributed by atoms with Crippen molar-refractivity contribution in [2.75, 3.05) is 19.0 Å². The predicted molar refractivity (Wildman–Crippen MR) is 153 cm³/mol. The summed E-state index contributed by atoms with van der Waals surface area (Å²) in [6.07, 6.45) is 1.65. The lowest BCUT2D eigenvalue weighted by molar-refractivity contribution is -0.123. The molecule has 0 spiro atoms. The Morgan fingerprint density at radius 2 is 1.74 bits per heavy atom. The number of carbonyl (C=O) groups is 3. The second kappa shape index (κ2) is 11.9. The molecular weight excluding hydrogens is 568 g/mol. The third kappa shape index (κ3) is 6.28. The summed E-state index contributed by atoms with van der Waals surface area (Å²) < 4.78 is 12.1. The molecule has 4 rings (SSSR count). The number of ether oxygens (including phenoxy) is 2. The SMILES string of the molecule is COc1cc(/C=C2/SC(=O)N(Cc3ccc(C)cc3)C2=O)ccc1OCC(=O)Nc1ccc(Br)c(C)c1C. The summed E-state index contributed by atoms with van der Waals surface area (Å²) in [6, 6.07) is 16.6. The summed E-state index contributed by atoms with van der Waals surface area (Å²) in [5.41, 5.74) is 5.40. The summed E-state index contributed by atoms with van der Waals surface area (Å²) >= 11 is 4.39. The number of hydrogen-bond acceptors (Lipinski definition) is 6. The van der Waals surface area contributed by atoms with E-state index < -0.39 is 0 Å². The number of halogens is 1. The number of anilines is 1. The molecule has 0 aromatic heterocycles. The van der Waals surface area contributed by atoms with Crippen molar-refractivity contribution >= 4 is 56.5 Å². The third-order valence-corrected chi connectivity index (χ3v) is 7.94. The minimum Gasteiger partial charge on any atom is -0.493 e. The Morgan fingerprint density at radius 3 is 2.45 bits per heavy atom. The van der Waals surface area contributed by atoms with Crippen LogP contribution in [0.15, 0.2) is 64.0 Å². The monoisotopic (exact) mass is 594 g/mol. The zero-order valence-electron chi connectivity index (χ0n) is 21.5. The summed E-state index contributed by atoms with van der Waals surface area (Å²) in [5, 5.41) is 2.56. The van der Waals surface area contributed by atoms with Crippen molar-refractivity contribution in [3.63, 3.8) is 0 Å². The van der Waals surface area contributed by atoms with E-state index in [9.17, 15) is 14.4 Å². The maximum Gasteiger partial charge on any atom is 0.293 e. The van der Waals surface area contributed by atoms with Crippen LogP contribution in [0.25, 0.3) is 6.08 Å². The first-order valence-electron chi connectivity index (χ1n) is 11.8. The quantitative estimate of drug-likeness (QED) is 0.294. The molecule has 9 heteroatoms. The van der Waals surface area contributed by atoms with Gasteiger partial charge in [-0.05, 0) is 85.1 Å². The van der Waals surface area contributed by atoms with E-state index in [4.69, 9.17) is 9.47 Å². The van der Waals surface area contributed by atoms with E-state index in [1.54, 1.807) is 24.3 Å². The molecule has 0 bridgehead atoms. The van der Waals surface area contributed by atoms with E-state index in [1.165, 1.54) is 12.0 Å². The van der Waals surface area contributed by atoms with Crippen molar-refractivity contribution in [1.29, 1.82) is 0 Å². The van der Waals surface area contributed by atoms with Crippen LogP contribution in [0.2, 0.25) is 0 Å². The Balaban J connectivity index is 1.42. The largest absolute Gasteiger partial charge is 0.493 e. The fourth-order valence-electron chi connectivity index (χ4n) is 3.81. The van der Waals surface area contributed by atoms with Crippen LogP contribution in [0.5, 0.6) is 11.5 Å². The Kier molecular flexibility index (Phi) is 8.58. The molecule has 0 saturated carbocycles. The first-order chi connectivity index (χ1) is 18.2. The number of aryl methyl sites for hydroxylation is 1. The highest BCUT2D eigenvalue weighted by atomic mass is 79.9.